The Balaban J connectivity index is 3.48. The molecule has 0 aliphatic rings. The van der Waals surface area contributed by atoms with Crippen molar-refractivity contribution in [3.63, 3.8) is 0 Å². The fraction of sp³-hybridized carbons (Fsp3) is 0.630. The number of unbranched alkanes of at least 4 members (excludes halogenated alkanes) is 2. The minimum atomic E-state index is -1.29. The Morgan fingerprint density at radius 1 is 1.08 bits per heavy atom. The number of benzene rings is 1. The predicted octanol–water partition coefficient (Wildman–Crippen LogP) is 3.66. The van der Waals surface area contributed by atoms with Gasteiger partial charge in [-0.15, -0.1) is 0 Å². The lowest BCUT2D eigenvalue weighted by Crippen LogP contribution is -2.56. The lowest BCUT2D eigenvalue weighted by atomic mass is 9.94. The molecule has 0 aliphatic heterocycles. The SMILES string of the molecule is CCCCCNC(=O)C(c1cccc(C)c1C)N(C(=O)C(CC(N)=O)NC(=O)OC(C)(C)C)C(C)C. The number of hydrogen-bond acceptors (Lipinski definition) is 5. The van der Waals surface area contributed by atoms with Gasteiger partial charge in [-0.25, -0.2) is 4.79 Å². The summed E-state index contributed by atoms with van der Waals surface area (Å²) in [7, 11) is 0. The fourth-order valence-electron chi connectivity index (χ4n) is 3.88. The van der Waals surface area contributed by atoms with Crippen LogP contribution in [-0.4, -0.2) is 52.9 Å². The summed E-state index contributed by atoms with van der Waals surface area (Å²) < 4.78 is 5.29. The van der Waals surface area contributed by atoms with E-state index in [1.165, 1.54) is 4.90 Å². The molecular formula is C27H44N4O5. The van der Waals surface area contributed by atoms with Crippen LogP contribution in [0.3, 0.4) is 0 Å². The van der Waals surface area contributed by atoms with Crippen molar-refractivity contribution in [1.29, 1.82) is 0 Å². The Hall–Kier alpha value is -3.10. The van der Waals surface area contributed by atoms with Gasteiger partial charge < -0.3 is 26.0 Å². The van der Waals surface area contributed by atoms with E-state index in [9.17, 15) is 19.2 Å². The molecule has 36 heavy (non-hydrogen) atoms. The lowest BCUT2D eigenvalue weighted by Gasteiger charge is -2.37. The van der Waals surface area contributed by atoms with Gasteiger partial charge in [0.2, 0.25) is 17.7 Å². The quantitative estimate of drug-likeness (QED) is 0.374. The molecule has 0 fully saturated rings. The molecule has 0 saturated heterocycles. The van der Waals surface area contributed by atoms with Crippen molar-refractivity contribution >= 4 is 23.8 Å². The molecule has 9 heteroatoms. The number of rotatable bonds is 12. The van der Waals surface area contributed by atoms with Gasteiger partial charge in [0.05, 0.1) is 6.42 Å². The number of hydrogen-bond donors (Lipinski definition) is 3. The zero-order valence-electron chi connectivity index (χ0n) is 23.1. The average molecular weight is 505 g/mol. The van der Waals surface area contributed by atoms with Crippen LogP contribution < -0.4 is 16.4 Å². The average Bonchev–Trinajstić information content (AvgIpc) is 2.74. The number of primary amides is 1. The van der Waals surface area contributed by atoms with Crippen LogP contribution >= 0.6 is 0 Å². The fourth-order valence-corrected chi connectivity index (χ4v) is 3.88. The molecule has 0 bridgehead atoms. The number of alkyl carbamates (subject to hydrolysis) is 1. The van der Waals surface area contributed by atoms with E-state index in [-0.39, 0.29) is 5.91 Å². The minimum absolute atomic E-state index is 0.322. The summed E-state index contributed by atoms with van der Waals surface area (Å²) in [6.07, 6.45) is 1.53. The van der Waals surface area contributed by atoms with Gasteiger partial charge in [-0.05, 0) is 71.6 Å². The molecule has 0 saturated carbocycles. The second-order valence-electron chi connectivity index (χ2n) is 10.4. The standard InChI is InChI=1S/C27H44N4O5/c1-9-10-11-15-29-24(33)23(20-14-12-13-18(4)19(20)5)31(17(2)3)25(34)21(16-22(28)32)30-26(35)36-27(6,7)8/h12-14,17,21,23H,9-11,15-16H2,1-8H3,(H2,28,32)(H,29,33)(H,30,35). The summed E-state index contributed by atoms with van der Waals surface area (Å²) in [5.41, 5.74) is 7.16. The highest BCUT2D eigenvalue weighted by molar-refractivity contribution is 5.94. The van der Waals surface area contributed by atoms with Gasteiger partial charge in [0.15, 0.2) is 0 Å². The van der Waals surface area contributed by atoms with E-state index >= 15 is 0 Å². The topological polar surface area (TPSA) is 131 Å². The third kappa shape index (κ3) is 9.51. The van der Waals surface area contributed by atoms with Crippen LogP contribution in [0.15, 0.2) is 18.2 Å². The molecule has 0 radical (unpaired) electrons. The lowest BCUT2D eigenvalue weighted by molar-refractivity contribution is -0.145. The molecule has 0 heterocycles. The zero-order chi connectivity index (χ0) is 27.6. The molecule has 1 aromatic carbocycles. The first-order valence-electron chi connectivity index (χ1n) is 12.6. The van der Waals surface area contributed by atoms with Crippen LogP contribution in [0.4, 0.5) is 4.79 Å². The number of amides is 4. The van der Waals surface area contributed by atoms with Crippen molar-refractivity contribution in [2.24, 2.45) is 5.73 Å². The van der Waals surface area contributed by atoms with Crippen molar-refractivity contribution in [3.8, 4) is 0 Å². The number of nitrogens with two attached hydrogens (primary N) is 1. The van der Waals surface area contributed by atoms with E-state index in [1.807, 2.05) is 32.0 Å². The van der Waals surface area contributed by atoms with Gasteiger partial charge in [0.25, 0.3) is 0 Å². The van der Waals surface area contributed by atoms with Crippen LogP contribution in [0.2, 0.25) is 0 Å². The second kappa shape index (κ2) is 13.8. The molecule has 2 unspecified atom stereocenters. The van der Waals surface area contributed by atoms with Gasteiger partial charge >= 0.3 is 6.09 Å². The highest BCUT2D eigenvalue weighted by atomic mass is 16.6. The summed E-state index contributed by atoms with van der Waals surface area (Å²) in [6.45, 7) is 15.1. The number of aryl methyl sites for hydroxylation is 1. The molecule has 0 spiro atoms. The smallest absolute Gasteiger partial charge is 0.408 e. The largest absolute Gasteiger partial charge is 0.444 e. The molecule has 4 amide bonds. The number of nitrogens with one attached hydrogen (secondary N) is 2. The van der Waals surface area contributed by atoms with E-state index in [4.69, 9.17) is 10.5 Å². The Morgan fingerprint density at radius 3 is 2.25 bits per heavy atom. The molecule has 0 aliphatic carbocycles. The van der Waals surface area contributed by atoms with Crippen LogP contribution in [0.25, 0.3) is 0 Å². The monoisotopic (exact) mass is 504 g/mol. The van der Waals surface area contributed by atoms with Crippen LogP contribution in [0, 0.1) is 13.8 Å². The summed E-state index contributed by atoms with van der Waals surface area (Å²) >= 11 is 0. The van der Waals surface area contributed by atoms with Gasteiger partial charge in [0.1, 0.15) is 17.7 Å². The van der Waals surface area contributed by atoms with Gasteiger partial charge in [-0.2, -0.15) is 0 Å². The Kier molecular flexibility index (Phi) is 11.9. The summed E-state index contributed by atoms with van der Waals surface area (Å²) in [5, 5.41) is 5.45. The first-order chi connectivity index (χ1) is 16.7. The highest BCUT2D eigenvalue weighted by Crippen LogP contribution is 2.29. The first kappa shape index (κ1) is 30.9. The van der Waals surface area contributed by atoms with Gasteiger partial charge in [-0.3, -0.25) is 14.4 Å². The van der Waals surface area contributed by atoms with E-state index in [2.05, 4.69) is 17.6 Å². The number of nitrogens with zero attached hydrogens (tertiary/aromatic N) is 1. The van der Waals surface area contributed by atoms with Gasteiger partial charge in [-0.1, -0.05) is 38.0 Å². The van der Waals surface area contributed by atoms with Crippen LogP contribution in [-0.2, 0) is 19.1 Å². The minimum Gasteiger partial charge on any atom is -0.444 e. The van der Waals surface area contributed by atoms with E-state index in [1.54, 1.807) is 34.6 Å². The Morgan fingerprint density at radius 2 is 1.72 bits per heavy atom. The number of carbonyl (C=O) groups is 4. The van der Waals surface area contributed by atoms with Gasteiger partial charge in [0, 0.05) is 12.6 Å². The van der Waals surface area contributed by atoms with Crippen molar-refractivity contribution in [2.75, 3.05) is 6.54 Å². The van der Waals surface area contributed by atoms with Crippen LogP contribution in [0.1, 0.15) is 90.0 Å². The molecule has 9 nitrogen and oxygen atoms in total. The summed E-state index contributed by atoms with van der Waals surface area (Å²) in [5.74, 6) is -1.68. The highest BCUT2D eigenvalue weighted by Gasteiger charge is 2.39. The molecule has 0 aromatic heterocycles. The van der Waals surface area contributed by atoms with E-state index < -0.39 is 48.1 Å². The Bertz CT molecular complexity index is 923. The first-order valence-corrected chi connectivity index (χ1v) is 12.6. The van der Waals surface area contributed by atoms with Crippen molar-refractivity contribution in [2.45, 2.75) is 105 Å². The third-order valence-corrected chi connectivity index (χ3v) is 5.75. The van der Waals surface area contributed by atoms with Crippen molar-refractivity contribution < 1.29 is 23.9 Å². The van der Waals surface area contributed by atoms with E-state index in [0.29, 0.717) is 12.1 Å². The molecule has 2 atom stereocenters. The second-order valence-corrected chi connectivity index (χ2v) is 10.4. The number of ether oxygens (including phenoxy) is 1. The summed E-state index contributed by atoms with van der Waals surface area (Å²) in [6, 6.07) is 2.93. The normalized spacial score (nSPS) is 13.0. The predicted molar refractivity (Wildman–Crippen MR) is 140 cm³/mol. The molecule has 4 N–H and O–H groups in total. The van der Waals surface area contributed by atoms with E-state index in [0.717, 1.165) is 30.4 Å². The summed E-state index contributed by atoms with van der Waals surface area (Å²) in [4.78, 5) is 53.2. The maximum absolute atomic E-state index is 13.9. The molecule has 1 rings (SSSR count). The van der Waals surface area contributed by atoms with Crippen molar-refractivity contribution in [3.05, 3.63) is 34.9 Å². The molecular weight excluding hydrogens is 460 g/mol. The number of carbonyl (C=O) groups excluding carboxylic acids is 4. The maximum atomic E-state index is 13.9. The maximum Gasteiger partial charge on any atom is 0.408 e. The Labute approximate surface area is 215 Å². The molecule has 1 aromatic rings. The van der Waals surface area contributed by atoms with Crippen molar-refractivity contribution in [1.82, 2.24) is 15.5 Å². The molecule has 202 valence electrons. The third-order valence-electron chi connectivity index (χ3n) is 5.75. The van der Waals surface area contributed by atoms with Crippen LogP contribution in [0.5, 0.6) is 0 Å². The zero-order valence-corrected chi connectivity index (χ0v) is 23.1.